The second kappa shape index (κ2) is 9.37. The lowest BCUT2D eigenvalue weighted by Crippen LogP contribution is -2.23. The molecule has 0 saturated carbocycles. The lowest BCUT2D eigenvalue weighted by molar-refractivity contribution is -0.115. The highest BCUT2D eigenvalue weighted by molar-refractivity contribution is 7.99. The van der Waals surface area contributed by atoms with Gasteiger partial charge in [-0.25, -0.2) is 9.36 Å². The number of para-hydroxylation sites is 1. The van der Waals surface area contributed by atoms with E-state index in [0.717, 1.165) is 16.8 Å². The fraction of sp³-hybridized carbons (Fsp3) is 0.217. The number of anilines is 1. The molecule has 0 spiro atoms. The monoisotopic (exact) mass is 463 g/mol. The van der Waals surface area contributed by atoms with Crippen LogP contribution in [-0.4, -0.2) is 35.9 Å². The van der Waals surface area contributed by atoms with E-state index in [1.54, 1.807) is 18.7 Å². The van der Waals surface area contributed by atoms with Crippen LogP contribution in [0.2, 0.25) is 0 Å². The van der Waals surface area contributed by atoms with Gasteiger partial charge in [0.15, 0.2) is 5.82 Å². The molecule has 4 rings (SSSR count). The van der Waals surface area contributed by atoms with Crippen LogP contribution in [0.1, 0.15) is 17.7 Å². The summed E-state index contributed by atoms with van der Waals surface area (Å²) in [5, 5.41) is 11.6. The van der Waals surface area contributed by atoms with Gasteiger partial charge in [-0.1, -0.05) is 59.8 Å². The highest BCUT2D eigenvalue weighted by Crippen LogP contribution is 2.22. The molecule has 0 unspecified atom stereocenters. The Labute approximate surface area is 195 Å². The first kappa shape index (κ1) is 22.4. The summed E-state index contributed by atoms with van der Waals surface area (Å²) in [6, 6.07) is 17.1. The van der Waals surface area contributed by atoms with Crippen molar-refractivity contribution in [2.24, 2.45) is 7.05 Å². The summed E-state index contributed by atoms with van der Waals surface area (Å²) in [5.74, 6) is 6.89. The van der Waals surface area contributed by atoms with Gasteiger partial charge in [-0.2, -0.15) is 0 Å². The van der Waals surface area contributed by atoms with Crippen molar-refractivity contribution >= 4 is 23.4 Å². The van der Waals surface area contributed by atoms with Crippen LogP contribution in [0.25, 0.3) is 17.1 Å². The number of rotatable bonds is 7. The number of carbonyl (C=O) groups is 1. The number of thioether (sulfide) groups is 1. The molecule has 3 N–H and O–H groups in total. The van der Waals surface area contributed by atoms with Crippen molar-refractivity contribution < 1.29 is 4.79 Å². The van der Waals surface area contributed by atoms with E-state index in [4.69, 9.17) is 5.84 Å². The molecule has 0 aliphatic heterocycles. The van der Waals surface area contributed by atoms with Crippen LogP contribution in [0.5, 0.6) is 0 Å². The van der Waals surface area contributed by atoms with E-state index in [1.807, 2.05) is 61.5 Å². The maximum absolute atomic E-state index is 12.9. The minimum absolute atomic E-state index is 0.191. The van der Waals surface area contributed by atoms with Gasteiger partial charge >= 0.3 is 0 Å². The molecule has 10 heteroatoms. The zero-order chi connectivity index (χ0) is 23.5. The number of aromatic nitrogens is 5. The number of hydrogen-bond acceptors (Lipinski definition) is 6. The minimum Gasteiger partial charge on any atom is -0.335 e. The molecule has 4 aromatic rings. The lowest BCUT2D eigenvalue weighted by Gasteiger charge is -2.07. The van der Waals surface area contributed by atoms with E-state index >= 15 is 0 Å². The van der Waals surface area contributed by atoms with Crippen molar-refractivity contribution in [1.29, 1.82) is 0 Å². The zero-order valence-electron chi connectivity index (χ0n) is 18.6. The molecule has 0 bridgehead atoms. The Bertz CT molecular complexity index is 1340. The number of nitrogens with two attached hydrogens (primary N) is 1. The molecular formula is C23H25N7O2S. The Balaban J connectivity index is 1.40. The first-order chi connectivity index (χ1) is 15.9. The van der Waals surface area contributed by atoms with Crippen molar-refractivity contribution in [3.63, 3.8) is 0 Å². The molecule has 1 amide bonds. The van der Waals surface area contributed by atoms with E-state index in [2.05, 4.69) is 15.5 Å². The molecule has 9 nitrogen and oxygen atoms in total. The van der Waals surface area contributed by atoms with E-state index in [0.29, 0.717) is 22.4 Å². The molecule has 0 atom stereocenters. The number of nitrogens with one attached hydrogen (secondary N) is 1. The Morgan fingerprint density at radius 1 is 1.06 bits per heavy atom. The van der Waals surface area contributed by atoms with Crippen LogP contribution in [-0.2, 0) is 11.8 Å². The summed E-state index contributed by atoms with van der Waals surface area (Å²) in [4.78, 5) is 25.5. The van der Waals surface area contributed by atoms with Crippen LogP contribution in [0.4, 0.5) is 5.69 Å². The normalized spacial score (nSPS) is 11.0. The molecule has 170 valence electrons. The predicted molar refractivity (Wildman–Crippen MR) is 130 cm³/mol. The highest BCUT2D eigenvalue weighted by atomic mass is 32.2. The number of hydrogen-bond donors (Lipinski definition) is 2. The summed E-state index contributed by atoms with van der Waals surface area (Å²) in [6.45, 7) is 3.81. The SMILES string of the molecule is Cc1ccc(-c2nnc(SCCC(=O)Nc3c(C)n(C)n(-c4ccccc4)c3=O)n2N)cc1. The summed E-state index contributed by atoms with van der Waals surface area (Å²) in [6.07, 6.45) is 0.191. The Kier molecular flexibility index (Phi) is 6.36. The summed E-state index contributed by atoms with van der Waals surface area (Å²) in [7, 11) is 1.79. The number of nitrogens with zero attached hydrogens (tertiary/aromatic N) is 5. The zero-order valence-corrected chi connectivity index (χ0v) is 19.5. The Hall–Kier alpha value is -3.79. The number of benzene rings is 2. The summed E-state index contributed by atoms with van der Waals surface area (Å²) < 4.78 is 4.68. The standard InChI is InChI=1S/C23H25N7O2S/c1-15-9-11-17(12-10-15)21-26-27-23(29(21)24)33-14-13-19(31)25-20-16(2)28(3)30(22(20)32)18-7-5-4-6-8-18/h4-12H,13-14,24H2,1-3H3,(H,25,31). The van der Waals surface area contributed by atoms with Crippen LogP contribution in [0.3, 0.4) is 0 Å². The molecule has 2 aromatic heterocycles. The Morgan fingerprint density at radius 2 is 1.76 bits per heavy atom. The number of nitrogen functional groups attached to an aromatic ring is 1. The lowest BCUT2D eigenvalue weighted by atomic mass is 10.1. The molecule has 0 fully saturated rings. The third-order valence-electron chi connectivity index (χ3n) is 5.35. The van der Waals surface area contributed by atoms with E-state index < -0.39 is 0 Å². The van der Waals surface area contributed by atoms with Crippen molar-refractivity contribution in [2.75, 3.05) is 16.9 Å². The van der Waals surface area contributed by atoms with Gasteiger partial charge < -0.3 is 11.2 Å². The molecule has 33 heavy (non-hydrogen) atoms. The van der Waals surface area contributed by atoms with Crippen LogP contribution in [0, 0.1) is 13.8 Å². The highest BCUT2D eigenvalue weighted by Gasteiger charge is 2.18. The van der Waals surface area contributed by atoms with Gasteiger partial charge in [0.05, 0.1) is 11.4 Å². The Morgan fingerprint density at radius 3 is 2.45 bits per heavy atom. The molecule has 2 aromatic carbocycles. The van der Waals surface area contributed by atoms with E-state index in [-0.39, 0.29) is 23.6 Å². The summed E-state index contributed by atoms with van der Waals surface area (Å²) in [5.41, 5.74) is 3.43. The van der Waals surface area contributed by atoms with Crippen molar-refractivity contribution in [1.82, 2.24) is 24.2 Å². The molecule has 0 saturated heterocycles. The first-order valence-electron chi connectivity index (χ1n) is 10.4. The van der Waals surface area contributed by atoms with Crippen LogP contribution >= 0.6 is 11.8 Å². The molecule has 2 heterocycles. The third kappa shape index (κ3) is 4.56. The second-order valence-electron chi connectivity index (χ2n) is 7.63. The van der Waals surface area contributed by atoms with Gasteiger partial charge in [0.1, 0.15) is 5.69 Å². The fourth-order valence-corrected chi connectivity index (χ4v) is 4.22. The molecule has 0 aliphatic rings. The van der Waals surface area contributed by atoms with Gasteiger partial charge in [0.25, 0.3) is 5.56 Å². The maximum Gasteiger partial charge on any atom is 0.295 e. The van der Waals surface area contributed by atoms with Gasteiger partial charge in [-0.05, 0) is 26.0 Å². The van der Waals surface area contributed by atoms with E-state index in [9.17, 15) is 9.59 Å². The van der Waals surface area contributed by atoms with Crippen molar-refractivity contribution in [3.05, 3.63) is 76.2 Å². The predicted octanol–water partition coefficient (Wildman–Crippen LogP) is 2.89. The summed E-state index contributed by atoms with van der Waals surface area (Å²) >= 11 is 1.33. The third-order valence-corrected chi connectivity index (χ3v) is 6.30. The number of aryl methyl sites for hydroxylation is 1. The van der Waals surface area contributed by atoms with Gasteiger partial charge in [0.2, 0.25) is 11.1 Å². The number of carbonyl (C=O) groups excluding carboxylic acids is 1. The quantitative estimate of drug-likeness (QED) is 0.322. The number of amides is 1. The van der Waals surface area contributed by atoms with Gasteiger partial charge in [-0.3, -0.25) is 14.3 Å². The van der Waals surface area contributed by atoms with Gasteiger partial charge in [-0.15, -0.1) is 10.2 Å². The maximum atomic E-state index is 12.9. The average molecular weight is 464 g/mol. The fourth-order valence-electron chi connectivity index (χ4n) is 3.42. The first-order valence-corrected chi connectivity index (χ1v) is 11.4. The molecular weight excluding hydrogens is 438 g/mol. The van der Waals surface area contributed by atoms with Crippen LogP contribution in [0.15, 0.2) is 64.5 Å². The van der Waals surface area contributed by atoms with Crippen molar-refractivity contribution in [2.45, 2.75) is 25.4 Å². The average Bonchev–Trinajstić information content (AvgIpc) is 3.27. The van der Waals surface area contributed by atoms with E-state index in [1.165, 1.54) is 21.1 Å². The smallest absolute Gasteiger partial charge is 0.295 e. The topological polar surface area (TPSA) is 113 Å². The minimum atomic E-state index is -0.272. The molecule has 0 radical (unpaired) electrons. The largest absolute Gasteiger partial charge is 0.335 e. The van der Waals surface area contributed by atoms with Crippen LogP contribution < -0.4 is 16.7 Å². The van der Waals surface area contributed by atoms with Crippen molar-refractivity contribution in [3.8, 4) is 17.1 Å². The molecule has 0 aliphatic carbocycles. The second-order valence-corrected chi connectivity index (χ2v) is 8.69. The van der Waals surface area contributed by atoms with Gasteiger partial charge in [0, 0.05) is 24.8 Å².